The molecule has 0 heterocycles. The highest BCUT2D eigenvalue weighted by molar-refractivity contribution is 4.97. The van der Waals surface area contributed by atoms with Gasteiger partial charge >= 0.3 is 0 Å². The van der Waals surface area contributed by atoms with Gasteiger partial charge in [-0.05, 0) is 35.5 Å². The van der Waals surface area contributed by atoms with E-state index in [9.17, 15) is 0 Å². The SMILES string of the molecule is CC(C)(C)C1CC[C@@H](N)C1C(C)(C)C. The molecular formula is C13H27N. The Morgan fingerprint density at radius 3 is 1.64 bits per heavy atom. The van der Waals surface area contributed by atoms with Crippen LogP contribution in [0.1, 0.15) is 54.4 Å². The molecule has 0 spiro atoms. The van der Waals surface area contributed by atoms with Crippen LogP contribution in [0.5, 0.6) is 0 Å². The number of hydrogen-bond acceptors (Lipinski definition) is 1. The molecule has 1 nitrogen and oxygen atoms in total. The first-order valence-electron chi connectivity index (χ1n) is 5.89. The van der Waals surface area contributed by atoms with Gasteiger partial charge in [-0.2, -0.15) is 0 Å². The highest BCUT2D eigenvalue weighted by atomic mass is 14.7. The van der Waals surface area contributed by atoms with Gasteiger partial charge in [-0.15, -0.1) is 0 Å². The zero-order chi connectivity index (χ0) is 11.1. The van der Waals surface area contributed by atoms with Gasteiger partial charge in [0.15, 0.2) is 0 Å². The van der Waals surface area contributed by atoms with Gasteiger partial charge in [-0.25, -0.2) is 0 Å². The van der Waals surface area contributed by atoms with E-state index >= 15 is 0 Å². The fraction of sp³-hybridized carbons (Fsp3) is 1.00. The summed E-state index contributed by atoms with van der Waals surface area (Å²) in [4.78, 5) is 0. The van der Waals surface area contributed by atoms with E-state index in [4.69, 9.17) is 5.73 Å². The standard InChI is InChI=1S/C13H27N/c1-12(2,3)9-7-8-10(14)11(9)13(4,5)6/h9-11H,7-8,14H2,1-6H3/t9?,10-,11?/m1/s1. The lowest BCUT2D eigenvalue weighted by molar-refractivity contribution is 0.0897. The van der Waals surface area contributed by atoms with Crippen LogP contribution in [0.3, 0.4) is 0 Å². The van der Waals surface area contributed by atoms with Crippen LogP contribution in [-0.4, -0.2) is 6.04 Å². The minimum absolute atomic E-state index is 0.355. The van der Waals surface area contributed by atoms with Crippen molar-refractivity contribution in [3.8, 4) is 0 Å². The van der Waals surface area contributed by atoms with Crippen LogP contribution in [0, 0.1) is 22.7 Å². The largest absolute Gasteiger partial charge is 0.327 e. The van der Waals surface area contributed by atoms with Crippen LogP contribution in [0.25, 0.3) is 0 Å². The Balaban J connectivity index is 2.88. The summed E-state index contributed by atoms with van der Waals surface area (Å²) in [5.74, 6) is 1.47. The minimum Gasteiger partial charge on any atom is -0.327 e. The van der Waals surface area contributed by atoms with Crippen molar-refractivity contribution in [2.24, 2.45) is 28.4 Å². The molecule has 0 aromatic carbocycles. The quantitative estimate of drug-likeness (QED) is 0.632. The van der Waals surface area contributed by atoms with Crippen molar-refractivity contribution in [1.82, 2.24) is 0 Å². The van der Waals surface area contributed by atoms with Crippen molar-refractivity contribution in [1.29, 1.82) is 0 Å². The van der Waals surface area contributed by atoms with E-state index in [-0.39, 0.29) is 0 Å². The summed E-state index contributed by atoms with van der Waals surface area (Å²) >= 11 is 0. The Bertz CT molecular complexity index is 194. The molecule has 0 radical (unpaired) electrons. The molecule has 0 aromatic rings. The maximum atomic E-state index is 6.25. The fourth-order valence-electron chi connectivity index (χ4n) is 3.25. The van der Waals surface area contributed by atoms with E-state index in [1.807, 2.05) is 0 Å². The van der Waals surface area contributed by atoms with E-state index in [0.29, 0.717) is 22.8 Å². The lowest BCUT2D eigenvalue weighted by Gasteiger charge is -2.41. The Kier molecular flexibility index (Phi) is 3.02. The zero-order valence-electron chi connectivity index (χ0n) is 10.7. The van der Waals surface area contributed by atoms with E-state index in [0.717, 1.165) is 5.92 Å². The van der Waals surface area contributed by atoms with Crippen molar-refractivity contribution >= 4 is 0 Å². The number of hydrogen-bond donors (Lipinski definition) is 1. The normalized spacial score (nSPS) is 34.9. The second-order valence-corrected chi connectivity index (χ2v) is 7.11. The molecule has 1 rings (SSSR count). The van der Waals surface area contributed by atoms with E-state index < -0.39 is 0 Å². The average molecular weight is 197 g/mol. The molecule has 1 aliphatic rings. The van der Waals surface area contributed by atoms with Crippen molar-refractivity contribution in [2.45, 2.75) is 60.4 Å². The molecule has 0 saturated heterocycles. The van der Waals surface area contributed by atoms with E-state index in [1.54, 1.807) is 0 Å². The molecular weight excluding hydrogens is 170 g/mol. The molecule has 1 fully saturated rings. The molecule has 1 aliphatic carbocycles. The maximum Gasteiger partial charge on any atom is 0.00751 e. The molecule has 2 N–H and O–H groups in total. The molecule has 1 saturated carbocycles. The van der Waals surface area contributed by atoms with Crippen molar-refractivity contribution in [3.63, 3.8) is 0 Å². The summed E-state index contributed by atoms with van der Waals surface area (Å²) in [7, 11) is 0. The molecule has 3 atom stereocenters. The molecule has 0 aliphatic heterocycles. The molecule has 2 unspecified atom stereocenters. The van der Waals surface area contributed by atoms with Gasteiger partial charge in [0.05, 0.1) is 0 Å². The van der Waals surface area contributed by atoms with Gasteiger partial charge in [-0.3, -0.25) is 0 Å². The average Bonchev–Trinajstić information content (AvgIpc) is 2.27. The van der Waals surface area contributed by atoms with Gasteiger partial charge in [0.1, 0.15) is 0 Å². The smallest absolute Gasteiger partial charge is 0.00751 e. The second-order valence-electron chi connectivity index (χ2n) is 7.11. The Hall–Kier alpha value is -0.0400. The first-order valence-corrected chi connectivity index (χ1v) is 5.89. The predicted octanol–water partition coefficient (Wildman–Crippen LogP) is 3.43. The van der Waals surface area contributed by atoms with Crippen molar-refractivity contribution in [3.05, 3.63) is 0 Å². The third-order valence-electron chi connectivity index (χ3n) is 3.82. The predicted molar refractivity (Wildman–Crippen MR) is 63.1 cm³/mol. The van der Waals surface area contributed by atoms with Crippen LogP contribution >= 0.6 is 0 Å². The first kappa shape index (κ1) is 12.0. The lowest BCUT2D eigenvalue weighted by atomic mass is 9.65. The maximum absolute atomic E-state index is 6.25. The van der Waals surface area contributed by atoms with Gasteiger partial charge < -0.3 is 5.73 Å². The van der Waals surface area contributed by atoms with Crippen molar-refractivity contribution < 1.29 is 0 Å². The van der Waals surface area contributed by atoms with Gasteiger partial charge in [0.25, 0.3) is 0 Å². The second kappa shape index (κ2) is 3.52. The fourth-order valence-corrected chi connectivity index (χ4v) is 3.25. The summed E-state index contributed by atoms with van der Waals surface area (Å²) < 4.78 is 0. The topological polar surface area (TPSA) is 26.0 Å². The first-order chi connectivity index (χ1) is 6.14. The van der Waals surface area contributed by atoms with Crippen LogP contribution < -0.4 is 5.73 Å². The number of rotatable bonds is 0. The molecule has 0 bridgehead atoms. The minimum atomic E-state index is 0.355. The number of nitrogens with two attached hydrogens (primary N) is 1. The van der Waals surface area contributed by atoms with Crippen LogP contribution in [0.2, 0.25) is 0 Å². The summed E-state index contributed by atoms with van der Waals surface area (Å²) in [6.45, 7) is 14.1. The molecule has 0 aromatic heterocycles. The van der Waals surface area contributed by atoms with Crippen molar-refractivity contribution in [2.75, 3.05) is 0 Å². The molecule has 1 heteroatoms. The Morgan fingerprint density at radius 2 is 1.36 bits per heavy atom. The highest BCUT2D eigenvalue weighted by Gasteiger charge is 2.45. The van der Waals surface area contributed by atoms with Crippen LogP contribution in [0.4, 0.5) is 0 Å². The summed E-state index contributed by atoms with van der Waals surface area (Å²) in [6.07, 6.45) is 2.52. The van der Waals surface area contributed by atoms with Crippen LogP contribution in [-0.2, 0) is 0 Å². The molecule has 0 amide bonds. The van der Waals surface area contributed by atoms with Gasteiger partial charge in [0.2, 0.25) is 0 Å². The third kappa shape index (κ3) is 2.31. The monoisotopic (exact) mass is 197 g/mol. The summed E-state index contributed by atoms with van der Waals surface area (Å²) in [6, 6.07) is 0.416. The summed E-state index contributed by atoms with van der Waals surface area (Å²) in [5.41, 5.74) is 7.02. The lowest BCUT2D eigenvalue weighted by Crippen LogP contribution is -2.41. The van der Waals surface area contributed by atoms with Crippen LogP contribution in [0.15, 0.2) is 0 Å². The highest BCUT2D eigenvalue weighted by Crippen LogP contribution is 2.49. The van der Waals surface area contributed by atoms with Gasteiger partial charge in [-0.1, -0.05) is 41.5 Å². The summed E-state index contributed by atoms with van der Waals surface area (Å²) in [5, 5.41) is 0. The molecule has 14 heavy (non-hydrogen) atoms. The zero-order valence-corrected chi connectivity index (χ0v) is 10.7. The Morgan fingerprint density at radius 1 is 0.857 bits per heavy atom. The van der Waals surface area contributed by atoms with E-state index in [1.165, 1.54) is 12.8 Å². The van der Waals surface area contributed by atoms with E-state index in [2.05, 4.69) is 41.5 Å². The third-order valence-corrected chi connectivity index (χ3v) is 3.82. The molecule has 84 valence electrons. The van der Waals surface area contributed by atoms with Gasteiger partial charge in [0, 0.05) is 6.04 Å². The Labute approximate surface area is 89.5 Å².